The number of aliphatic carboxylic acids is 1. The van der Waals surface area contributed by atoms with E-state index in [0.29, 0.717) is 24.8 Å². The van der Waals surface area contributed by atoms with Gasteiger partial charge in [-0.1, -0.05) is 42.5 Å². The molecule has 7 nitrogen and oxygen atoms in total. The van der Waals surface area contributed by atoms with Crippen molar-refractivity contribution in [2.75, 3.05) is 6.54 Å². The van der Waals surface area contributed by atoms with Crippen molar-refractivity contribution in [3.8, 4) is 5.75 Å². The third kappa shape index (κ3) is 5.13. The highest BCUT2D eigenvalue weighted by Crippen LogP contribution is 2.37. The minimum absolute atomic E-state index is 0.0470. The molecule has 3 rings (SSSR count). The zero-order valence-corrected chi connectivity index (χ0v) is 17.2. The number of thiol groups is 1. The Labute approximate surface area is 180 Å². The molecule has 0 bridgehead atoms. The van der Waals surface area contributed by atoms with Crippen molar-refractivity contribution in [1.29, 1.82) is 0 Å². The number of phenols is 1. The summed E-state index contributed by atoms with van der Waals surface area (Å²) in [4.78, 5) is 38.2. The van der Waals surface area contributed by atoms with Crippen LogP contribution in [-0.2, 0) is 20.8 Å². The number of carboxylic acids is 1. The first kappa shape index (κ1) is 21.7. The molecule has 3 atom stereocenters. The van der Waals surface area contributed by atoms with E-state index < -0.39 is 35.1 Å². The molecule has 1 saturated heterocycles. The van der Waals surface area contributed by atoms with Gasteiger partial charge in [0.15, 0.2) is 0 Å². The second-order valence-corrected chi connectivity index (χ2v) is 7.89. The summed E-state index contributed by atoms with van der Waals surface area (Å²) in [6.07, 6.45) is 1.18. The Bertz CT molecular complexity index is 921. The third-order valence-electron chi connectivity index (χ3n) is 5.20. The number of hydrogen-bond acceptors (Lipinski definition) is 5. The van der Waals surface area contributed by atoms with Crippen molar-refractivity contribution >= 4 is 30.4 Å². The van der Waals surface area contributed by atoms with Gasteiger partial charge < -0.3 is 20.4 Å². The number of carbonyl (C=O) groups is 3. The minimum Gasteiger partial charge on any atom is -0.508 e. The van der Waals surface area contributed by atoms with Gasteiger partial charge in [-0.3, -0.25) is 9.59 Å². The summed E-state index contributed by atoms with van der Waals surface area (Å²) in [7, 11) is 0. The van der Waals surface area contributed by atoms with Gasteiger partial charge in [0.05, 0.1) is 17.8 Å². The fourth-order valence-electron chi connectivity index (χ4n) is 3.76. The van der Waals surface area contributed by atoms with Crippen molar-refractivity contribution in [1.82, 2.24) is 10.2 Å². The van der Waals surface area contributed by atoms with E-state index in [1.165, 1.54) is 17.0 Å². The van der Waals surface area contributed by atoms with Crippen molar-refractivity contribution in [3.05, 3.63) is 65.7 Å². The average molecular weight is 429 g/mol. The van der Waals surface area contributed by atoms with Gasteiger partial charge in [0.2, 0.25) is 11.8 Å². The average Bonchev–Trinajstić information content (AvgIpc) is 3.18. The number of likely N-dealkylation sites (tertiary alicyclic amines) is 1. The molecule has 0 unspecified atom stereocenters. The quantitative estimate of drug-likeness (QED) is 0.506. The van der Waals surface area contributed by atoms with Crippen molar-refractivity contribution in [2.45, 2.75) is 36.6 Å². The predicted octanol–water partition coefficient (Wildman–Crippen LogP) is 2.17. The van der Waals surface area contributed by atoms with Crippen LogP contribution < -0.4 is 5.32 Å². The van der Waals surface area contributed by atoms with E-state index in [4.69, 9.17) is 0 Å². The highest BCUT2D eigenvalue weighted by Gasteiger charge is 2.41. The largest absolute Gasteiger partial charge is 0.508 e. The molecule has 2 amide bonds. The summed E-state index contributed by atoms with van der Waals surface area (Å²) in [5, 5.41) is 21.2. The fourth-order valence-corrected chi connectivity index (χ4v) is 4.06. The lowest BCUT2D eigenvalue weighted by atomic mass is 10.0. The SMILES string of the molecule is O=C(NCC(=O)N1[C@@H](c2cccc(O)c2)CC[C@H]1C(=O)O)[C@@H](S)Cc1ccccc1. The van der Waals surface area contributed by atoms with Gasteiger partial charge in [0, 0.05) is 0 Å². The van der Waals surface area contributed by atoms with Crippen LogP contribution in [0, 0.1) is 0 Å². The van der Waals surface area contributed by atoms with E-state index in [2.05, 4.69) is 17.9 Å². The Morgan fingerprint density at radius 3 is 2.50 bits per heavy atom. The number of nitrogens with zero attached hydrogens (tertiary/aromatic N) is 1. The molecule has 158 valence electrons. The Hall–Kier alpha value is -3.00. The first-order valence-corrected chi connectivity index (χ1v) is 10.2. The Morgan fingerprint density at radius 1 is 1.10 bits per heavy atom. The molecule has 3 N–H and O–H groups in total. The molecule has 1 aliphatic heterocycles. The maximum Gasteiger partial charge on any atom is 0.326 e. The maximum absolute atomic E-state index is 12.9. The van der Waals surface area contributed by atoms with Crippen LogP contribution in [0.3, 0.4) is 0 Å². The van der Waals surface area contributed by atoms with E-state index in [-0.39, 0.29) is 12.3 Å². The minimum atomic E-state index is -1.09. The van der Waals surface area contributed by atoms with Gasteiger partial charge in [-0.15, -0.1) is 0 Å². The van der Waals surface area contributed by atoms with E-state index in [0.717, 1.165) is 5.56 Å². The Morgan fingerprint density at radius 2 is 1.83 bits per heavy atom. The first-order chi connectivity index (χ1) is 14.4. The zero-order valence-electron chi connectivity index (χ0n) is 16.3. The number of benzene rings is 2. The van der Waals surface area contributed by atoms with Crippen molar-refractivity contribution in [2.24, 2.45) is 0 Å². The van der Waals surface area contributed by atoms with Crippen LogP contribution in [0.2, 0.25) is 0 Å². The van der Waals surface area contributed by atoms with Gasteiger partial charge in [-0.25, -0.2) is 4.79 Å². The summed E-state index contributed by atoms with van der Waals surface area (Å²) in [5.41, 5.74) is 1.61. The monoisotopic (exact) mass is 428 g/mol. The topological polar surface area (TPSA) is 107 Å². The predicted molar refractivity (Wildman–Crippen MR) is 114 cm³/mol. The number of carboxylic acid groups (broad SMARTS) is 1. The van der Waals surface area contributed by atoms with Crippen LogP contribution in [-0.4, -0.2) is 50.7 Å². The van der Waals surface area contributed by atoms with Crippen LogP contribution in [0.25, 0.3) is 0 Å². The number of nitrogens with one attached hydrogen (secondary N) is 1. The molecule has 2 aromatic carbocycles. The highest BCUT2D eigenvalue weighted by molar-refractivity contribution is 7.81. The van der Waals surface area contributed by atoms with Crippen LogP contribution in [0.1, 0.15) is 30.0 Å². The molecule has 30 heavy (non-hydrogen) atoms. The number of phenolic OH excluding ortho intramolecular Hbond substituents is 1. The summed E-state index contributed by atoms with van der Waals surface area (Å²) in [5.74, 6) is -1.92. The lowest BCUT2D eigenvalue weighted by Crippen LogP contribution is -2.47. The van der Waals surface area contributed by atoms with Gasteiger partial charge in [0.25, 0.3) is 0 Å². The van der Waals surface area contributed by atoms with Crippen LogP contribution in [0.5, 0.6) is 5.75 Å². The van der Waals surface area contributed by atoms with E-state index in [9.17, 15) is 24.6 Å². The van der Waals surface area contributed by atoms with E-state index >= 15 is 0 Å². The number of aromatic hydroxyl groups is 1. The highest BCUT2D eigenvalue weighted by atomic mass is 32.1. The maximum atomic E-state index is 12.9. The van der Waals surface area contributed by atoms with Crippen molar-refractivity contribution < 1.29 is 24.6 Å². The Balaban J connectivity index is 1.66. The first-order valence-electron chi connectivity index (χ1n) is 9.69. The molecular weight excluding hydrogens is 404 g/mol. The second-order valence-electron chi connectivity index (χ2n) is 7.27. The molecule has 0 radical (unpaired) electrons. The van der Waals surface area contributed by atoms with Gasteiger partial charge in [0.1, 0.15) is 11.8 Å². The lowest BCUT2D eigenvalue weighted by Gasteiger charge is -2.29. The zero-order chi connectivity index (χ0) is 21.7. The molecule has 1 aliphatic rings. The number of hydrogen-bond donors (Lipinski definition) is 4. The van der Waals surface area contributed by atoms with Crippen LogP contribution in [0.15, 0.2) is 54.6 Å². The summed E-state index contributed by atoms with van der Waals surface area (Å²) in [6.45, 7) is -0.316. The molecular formula is C22H24N2O5S. The van der Waals surface area contributed by atoms with E-state index in [1.807, 2.05) is 30.3 Å². The summed E-state index contributed by atoms with van der Waals surface area (Å²) >= 11 is 4.33. The molecule has 1 heterocycles. The van der Waals surface area contributed by atoms with Crippen molar-refractivity contribution in [3.63, 3.8) is 0 Å². The van der Waals surface area contributed by atoms with Gasteiger partial charge >= 0.3 is 5.97 Å². The summed E-state index contributed by atoms with van der Waals surface area (Å²) < 4.78 is 0. The second kappa shape index (κ2) is 9.67. The third-order valence-corrected chi connectivity index (χ3v) is 5.62. The Kier molecular flexibility index (Phi) is 6.99. The lowest BCUT2D eigenvalue weighted by molar-refractivity contribution is -0.149. The normalized spacial score (nSPS) is 19.3. The van der Waals surface area contributed by atoms with Crippen LogP contribution in [0.4, 0.5) is 0 Å². The fraction of sp³-hybridized carbons (Fsp3) is 0.318. The molecule has 0 saturated carbocycles. The van der Waals surface area contributed by atoms with E-state index in [1.54, 1.807) is 12.1 Å². The molecule has 2 aromatic rings. The summed E-state index contributed by atoms with van der Waals surface area (Å²) in [6, 6.07) is 14.4. The van der Waals surface area contributed by atoms with Gasteiger partial charge in [-0.2, -0.15) is 12.6 Å². The van der Waals surface area contributed by atoms with Gasteiger partial charge in [-0.05, 0) is 42.5 Å². The standard InChI is InChI=1S/C22H24N2O5S/c25-16-8-4-7-15(12-16)17-9-10-18(22(28)29)24(17)20(26)13-23-21(27)19(30)11-14-5-2-1-3-6-14/h1-8,12,17-19,25,30H,9-11,13H2,(H,23,27)(H,28,29)/t17-,18+,19+/m1/s1. The molecule has 0 aliphatic carbocycles. The smallest absolute Gasteiger partial charge is 0.326 e. The molecule has 1 fully saturated rings. The molecule has 8 heteroatoms. The molecule has 0 spiro atoms. The number of rotatable bonds is 7. The number of amides is 2. The number of carbonyl (C=O) groups excluding carboxylic acids is 2. The molecule has 0 aromatic heterocycles. The van der Waals surface area contributed by atoms with Crippen LogP contribution >= 0.6 is 12.6 Å².